The highest BCUT2D eigenvalue weighted by atomic mass is 16.2. The minimum atomic E-state index is 0.135. The molecule has 1 aromatic carbocycles. The van der Waals surface area contributed by atoms with Crippen LogP contribution in [0.5, 0.6) is 0 Å². The number of rotatable bonds is 3. The largest absolute Gasteiger partial charge is 0.337 e. The number of nitrogens with zero attached hydrogens (tertiary/aromatic N) is 5. The number of hydrogen-bond acceptors (Lipinski definition) is 4. The Morgan fingerprint density at radius 3 is 2.43 bits per heavy atom. The number of carbonyl (C=O) groups excluding carboxylic acids is 1. The Kier molecular flexibility index (Phi) is 4.32. The molecule has 0 N–H and O–H groups in total. The molecule has 1 amide bonds. The van der Waals surface area contributed by atoms with Gasteiger partial charge in [-0.3, -0.25) is 4.79 Å². The molecule has 1 aliphatic heterocycles. The average Bonchev–Trinajstić information content (AvgIpc) is 2.93. The summed E-state index contributed by atoms with van der Waals surface area (Å²) in [6, 6.07) is 7.89. The molecule has 23 heavy (non-hydrogen) atoms. The van der Waals surface area contributed by atoms with E-state index < -0.39 is 0 Å². The lowest BCUT2D eigenvalue weighted by Gasteiger charge is -2.35. The molecule has 1 aliphatic rings. The molecule has 1 saturated heterocycles. The fourth-order valence-electron chi connectivity index (χ4n) is 2.99. The van der Waals surface area contributed by atoms with Gasteiger partial charge in [0.2, 0.25) is 5.95 Å². The second-order valence-electron chi connectivity index (χ2n) is 5.90. The van der Waals surface area contributed by atoms with Gasteiger partial charge in [-0.2, -0.15) is 0 Å². The van der Waals surface area contributed by atoms with E-state index in [4.69, 9.17) is 0 Å². The maximum Gasteiger partial charge on any atom is 0.254 e. The van der Waals surface area contributed by atoms with Crippen LogP contribution in [0, 0.1) is 6.92 Å². The number of anilines is 1. The summed E-state index contributed by atoms with van der Waals surface area (Å²) in [5.41, 5.74) is 1.95. The molecule has 6 nitrogen and oxygen atoms in total. The molecule has 0 bridgehead atoms. The number of piperazine rings is 1. The van der Waals surface area contributed by atoms with Crippen molar-refractivity contribution in [2.45, 2.75) is 20.3 Å². The Morgan fingerprint density at radius 1 is 1.13 bits per heavy atom. The van der Waals surface area contributed by atoms with E-state index in [1.807, 2.05) is 47.7 Å². The van der Waals surface area contributed by atoms with Gasteiger partial charge in [0.25, 0.3) is 5.91 Å². The molecule has 0 radical (unpaired) electrons. The maximum absolute atomic E-state index is 12.8. The summed E-state index contributed by atoms with van der Waals surface area (Å²) in [5.74, 6) is 1.91. The monoisotopic (exact) mass is 313 g/mol. The van der Waals surface area contributed by atoms with Crippen LogP contribution in [0.2, 0.25) is 0 Å². The SMILES string of the molecule is CCc1ccccc1C(=O)N1CCN(c2nnc(C)n2C)CC1. The van der Waals surface area contributed by atoms with Crippen LogP contribution in [0.4, 0.5) is 5.95 Å². The van der Waals surface area contributed by atoms with Gasteiger partial charge in [-0.25, -0.2) is 0 Å². The van der Waals surface area contributed by atoms with Gasteiger partial charge in [-0.05, 0) is 25.0 Å². The number of aryl methyl sites for hydroxylation is 2. The van der Waals surface area contributed by atoms with Crippen LogP contribution in [-0.2, 0) is 13.5 Å². The third-order valence-corrected chi connectivity index (χ3v) is 4.55. The van der Waals surface area contributed by atoms with Crippen molar-refractivity contribution < 1.29 is 4.79 Å². The van der Waals surface area contributed by atoms with Crippen molar-refractivity contribution in [1.29, 1.82) is 0 Å². The highest BCUT2D eigenvalue weighted by Gasteiger charge is 2.25. The first-order valence-electron chi connectivity index (χ1n) is 8.10. The highest BCUT2D eigenvalue weighted by Crippen LogP contribution is 2.17. The van der Waals surface area contributed by atoms with Gasteiger partial charge in [0, 0.05) is 38.8 Å². The summed E-state index contributed by atoms with van der Waals surface area (Å²) in [6.07, 6.45) is 0.875. The molecule has 122 valence electrons. The van der Waals surface area contributed by atoms with Crippen LogP contribution in [0.3, 0.4) is 0 Å². The van der Waals surface area contributed by atoms with Crippen molar-refractivity contribution in [1.82, 2.24) is 19.7 Å². The summed E-state index contributed by atoms with van der Waals surface area (Å²) in [4.78, 5) is 16.9. The zero-order valence-electron chi connectivity index (χ0n) is 14.0. The van der Waals surface area contributed by atoms with Crippen molar-refractivity contribution in [2.75, 3.05) is 31.1 Å². The lowest BCUT2D eigenvalue weighted by Crippen LogP contribution is -2.49. The molecule has 3 rings (SSSR count). The van der Waals surface area contributed by atoms with Crippen molar-refractivity contribution in [3.05, 3.63) is 41.2 Å². The van der Waals surface area contributed by atoms with Crippen molar-refractivity contribution >= 4 is 11.9 Å². The third-order valence-electron chi connectivity index (χ3n) is 4.55. The Labute approximate surface area is 136 Å². The molecule has 0 unspecified atom stereocenters. The molecule has 6 heteroatoms. The Morgan fingerprint density at radius 2 is 1.83 bits per heavy atom. The number of benzene rings is 1. The van der Waals surface area contributed by atoms with Gasteiger partial charge in [0.1, 0.15) is 5.82 Å². The van der Waals surface area contributed by atoms with E-state index in [-0.39, 0.29) is 5.91 Å². The minimum absolute atomic E-state index is 0.135. The number of amides is 1. The van der Waals surface area contributed by atoms with E-state index in [1.165, 1.54) is 0 Å². The van der Waals surface area contributed by atoms with E-state index >= 15 is 0 Å². The van der Waals surface area contributed by atoms with E-state index in [0.717, 1.165) is 42.4 Å². The second kappa shape index (κ2) is 6.40. The van der Waals surface area contributed by atoms with Crippen LogP contribution < -0.4 is 4.90 Å². The quantitative estimate of drug-likeness (QED) is 0.864. The van der Waals surface area contributed by atoms with Crippen LogP contribution in [0.25, 0.3) is 0 Å². The first-order valence-corrected chi connectivity index (χ1v) is 8.10. The normalized spacial score (nSPS) is 15.1. The van der Waals surface area contributed by atoms with Crippen LogP contribution in [0.15, 0.2) is 24.3 Å². The summed E-state index contributed by atoms with van der Waals surface area (Å²) in [5, 5.41) is 8.34. The zero-order chi connectivity index (χ0) is 16.4. The average molecular weight is 313 g/mol. The van der Waals surface area contributed by atoms with E-state index in [9.17, 15) is 4.79 Å². The van der Waals surface area contributed by atoms with E-state index in [1.54, 1.807) is 0 Å². The molecule has 1 fully saturated rings. The van der Waals surface area contributed by atoms with Crippen LogP contribution >= 0.6 is 0 Å². The third kappa shape index (κ3) is 2.93. The summed E-state index contributed by atoms with van der Waals surface area (Å²) in [7, 11) is 1.97. The van der Waals surface area contributed by atoms with E-state index in [0.29, 0.717) is 13.1 Å². The highest BCUT2D eigenvalue weighted by molar-refractivity contribution is 5.95. The molecule has 0 spiro atoms. The van der Waals surface area contributed by atoms with Gasteiger partial charge in [-0.1, -0.05) is 25.1 Å². The predicted molar refractivity (Wildman–Crippen MR) is 89.7 cm³/mol. The zero-order valence-corrected chi connectivity index (χ0v) is 14.0. The Hall–Kier alpha value is -2.37. The summed E-state index contributed by atoms with van der Waals surface area (Å²) >= 11 is 0. The molecule has 0 aliphatic carbocycles. The van der Waals surface area contributed by atoms with Crippen LogP contribution in [-0.4, -0.2) is 51.8 Å². The first-order chi connectivity index (χ1) is 11.1. The lowest BCUT2D eigenvalue weighted by molar-refractivity contribution is 0.0745. The lowest BCUT2D eigenvalue weighted by atomic mass is 10.0. The summed E-state index contributed by atoms with van der Waals surface area (Å²) < 4.78 is 1.99. The van der Waals surface area contributed by atoms with Gasteiger partial charge < -0.3 is 14.4 Å². The Balaban J connectivity index is 1.69. The topological polar surface area (TPSA) is 54.3 Å². The molecule has 1 aromatic heterocycles. The van der Waals surface area contributed by atoms with Crippen LogP contribution in [0.1, 0.15) is 28.7 Å². The number of carbonyl (C=O) groups is 1. The first kappa shape index (κ1) is 15.5. The summed E-state index contributed by atoms with van der Waals surface area (Å²) in [6.45, 7) is 7.02. The van der Waals surface area contributed by atoms with Gasteiger partial charge >= 0.3 is 0 Å². The predicted octanol–water partition coefficient (Wildman–Crippen LogP) is 1.65. The Bertz CT molecular complexity index is 701. The van der Waals surface area contributed by atoms with E-state index in [2.05, 4.69) is 22.0 Å². The standard InChI is InChI=1S/C17H23N5O/c1-4-14-7-5-6-8-15(14)16(23)21-9-11-22(12-10-21)17-19-18-13(2)20(17)3/h5-8H,4,9-12H2,1-3H3. The molecule has 2 heterocycles. The molecule has 2 aromatic rings. The molecular formula is C17H23N5O. The number of aromatic nitrogens is 3. The maximum atomic E-state index is 12.8. The van der Waals surface area contributed by atoms with Crippen molar-refractivity contribution in [3.63, 3.8) is 0 Å². The molecule has 0 saturated carbocycles. The van der Waals surface area contributed by atoms with Gasteiger partial charge in [-0.15, -0.1) is 10.2 Å². The minimum Gasteiger partial charge on any atom is -0.337 e. The van der Waals surface area contributed by atoms with Gasteiger partial charge in [0.05, 0.1) is 0 Å². The second-order valence-corrected chi connectivity index (χ2v) is 5.90. The smallest absolute Gasteiger partial charge is 0.254 e. The molecule has 0 atom stereocenters. The fraction of sp³-hybridized carbons (Fsp3) is 0.471. The van der Waals surface area contributed by atoms with Gasteiger partial charge in [0.15, 0.2) is 0 Å². The molecular weight excluding hydrogens is 290 g/mol. The van der Waals surface area contributed by atoms with Crippen molar-refractivity contribution in [2.24, 2.45) is 7.05 Å². The van der Waals surface area contributed by atoms with Crippen molar-refractivity contribution in [3.8, 4) is 0 Å². The fourth-order valence-corrected chi connectivity index (χ4v) is 2.99. The number of hydrogen-bond donors (Lipinski definition) is 0.